The second-order valence-electron chi connectivity index (χ2n) is 4.36. The summed E-state index contributed by atoms with van der Waals surface area (Å²) in [6.07, 6.45) is -4.45. The van der Waals surface area contributed by atoms with E-state index in [-0.39, 0.29) is 12.4 Å². The van der Waals surface area contributed by atoms with Crippen molar-refractivity contribution in [2.75, 3.05) is 12.8 Å². The summed E-state index contributed by atoms with van der Waals surface area (Å²) in [5, 5.41) is 0. The Morgan fingerprint density at radius 2 is 1.76 bits per heavy atom. The largest absolute Gasteiger partial charge is 0.495 e. The maximum absolute atomic E-state index is 12.8. The quantitative estimate of drug-likeness (QED) is 0.871. The van der Waals surface area contributed by atoms with Crippen LogP contribution in [0.5, 0.6) is 11.5 Å². The lowest BCUT2D eigenvalue weighted by molar-refractivity contribution is -0.139. The molecule has 2 aromatic carbocycles. The van der Waals surface area contributed by atoms with Crippen LogP contribution in [0, 0.1) is 0 Å². The van der Waals surface area contributed by atoms with Crippen LogP contribution in [0.25, 0.3) is 0 Å². The summed E-state index contributed by atoms with van der Waals surface area (Å²) in [7, 11) is 1.47. The van der Waals surface area contributed by atoms with Gasteiger partial charge in [0.25, 0.3) is 0 Å². The van der Waals surface area contributed by atoms with Gasteiger partial charge in [0.2, 0.25) is 0 Å². The number of methoxy groups -OCH3 is 1. The van der Waals surface area contributed by atoms with Crippen molar-refractivity contribution in [1.29, 1.82) is 0 Å². The molecule has 2 rings (SSSR count). The first-order chi connectivity index (χ1) is 9.91. The first-order valence-corrected chi connectivity index (χ1v) is 6.13. The van der Waals surface area contributed by atoms with Crippen LogP contribution in [-0.2, 0) is 12.8 Å². The van der Waals surface area contributed by atoms with Crippen molar-refractivity contribution in [3.05, 3.63) is 53.6 Å². The van der Waals surface area contributed by atoms with Crippen molar-refractivity contribution >= 4 is 5.69 Å². The number of alkyl halides is 3. The fourth-order valence-corrected chi connectivity index (χ4v) is 1.83. The lowest BCUT2D eigenvalue weighted by Crippen LogP contribution is -2.08. The first-order valence-electron chi connectivity index (χ1n) is 6.13. The van der Waals surface area contributed by atoms with Gasteiger partial charge in [0, 0.05) is 0 Å². The minimum atomic E-state index is -4.45. The Labute approximate surface area is 120 Å². The molecule has 6 heteroatoms. The SMILES string of the molecule is COc1cc(COc2ccccc2C(F)(F)F)ccc1N. The van der Waals surface area contributed by atoms with Gasteiger partial charge in [0.15, 0.2) is 0 Å². The molecular formula is C15H14F3NO2. The summed E-state index contributed by atoms with van der Waals surface area (Å²) in [4.78, 5) is 0. The normalized spacial score (nSPS) is 11.2. The van der Waals surface area contributed by atoms with E-state index in [4.69, 9.17) is 15.2 Å². The second kappa shape index (κ2) is 5.95. The number of para-hydroxylation sites is 1. The summed E-state index contributed by atoms with van der Waals surface area (Å²) < 4.78 is 48.8. The number of halogens is 3. The molecule has 112 valence electrons. The number of anilines is 1. The van der Waals surface area contributed by atoms with Crippen LogP contribution in [0.1, 0.15) is 11.1 Å². The van der Waals surface area contributed by atoms with Crippen molar-refractivity contribution in [2.24, 2.45) is 0 Å². The molecule has 21 heavy (non-hydrogen) atoms. The van der Waals surface area contributed by atoms with Crippen molar-refractivity contribution in [2.45, 2.75) is 12.8 Å². The minimum Gasteiger partial charge on any atom is -0.495 e. The summed E-state index contributed by atoms with van der Waals surface area (Å²) in [5.74, 6) is 0.251. The number of hydrogen-bond donors (Lipinski definition) is 1. The van der Waals surface area contributed by atoms with Gasteiger partial charge < -0.3 is 15.2 Å². The van der Waals surface area contributed by atoms with E-state index in [1.54, 1.807) is 18.2 Å². The molecule has 0 radical (unpaired) electrons. The van der Waals surface area contributed by atoms with Gasteiger partial charge in [-0.1, -0.05) is 18.2 Å². The molecule has 3 nitrogen and oxygen atoms in total. The molecule has 0 aliphatic heterocycles. The maximum Gasteiger partial charge on any atom is 0.419 e. The summed E-state index contributed by atoms with van der Waals surface area (Å²) >= 11 is 0. The molecule has 0 bridgehead atoms. The zero-order valence-electron chi connectivity index (χ0n) is 11.3. The first kappa shape index (κ1) is 15.0. The summed E-state index contributed by atoms with van der Waals surface area (Å²) in [5.41, 5.74) is 6.00. The molecule has 0 amide bonds. The van der Waals surface area contributed by atoms with Crippen LogP contribution in [0.15, 0.2) is 42.5 Å². The highest BCUT2D eigenvalue weighted by Crippen LogP contribution is 2.36. The Morgan fingerprint density at radius 1 is 1.05 bits per heavy atom. The highest BCUT2D eigenvalue weighted by atomic mass is 19.4. The van der Waals surface area contributed by atoms with Crippen LogP contribution in [-0.4, -0.2) is 7.11 Å². The molecule has 0 spiro atoms. The van der Waals surface area contributed by atoms with Crippen molar-refractivity contribution in [3.8, 4) is 11.5 Å². The Kier molecular flexibility index (Phi) is 4.26. The fraction of sp³-hybridized carbons (Fsp3) is 0.200. The van der Waals surface area contributed by atoms with E-state index < -0.39 is 11.7 Å². The molecule has 2 aromatic rings. The zero-order valence-corrected chi connectivity index (χ0v) is 11.3. The molecule has 0 saturated heterocycles. The van der Waals surface area contributed by atoms with Crippen molar-refractivity contribution in [3.63, 3.8) is 0 Å². The molecule has 0 aliphatic carbocycles. The van der Waals surface area contributed by atoms with Crippen LogP contribution in [0.4, 0.5) is 18.9 Å². The highest BCUT2D eigenvalue weighted by Gasteiger charge is 2.33. The third-order valence-electron chi connectivity index (χ3n) is 2.88. The van der Waals surface area contributed by atoms with Crippen LogP contribution >= 0.6 is 0 Å². The van der Waals surface area contributed by atoms with Crippen molar-refractivity contribution in [1.82, 2.24) is 0 Å². The van der Waals surface area contributed by atoms with Crippen LogP contribution < -0.4 is 15.2 Å². The molecule has 0 unspecified atom stereocenters. The number of ether oxygens (including phenoxy) is 2. The Morgan fingerprint density at radius 3 is 2.43 bits per heavy atom. The van der Waals surface area contributed by atoms with Gasteiger partial charge in [0.05, 0.1) is 18.4 Å². The smallest absolute Gasteiger partial charge is 0.419 e. The van der Waals surface area contributed by atoms with Gasteiger partial charge in [0.1, 0.15) is 18.1 Å². The zero-order chi connectivity index (χ0) is 15.5. The van der Waals surface area contributed by atoms with E-state index in [2.05, 4.69) is 0 Å². The third-order valence-corrected chi connectivity index (χ3v) is 2.88. The lowest BCUT2D eigenvalue weighted by atomic mass is 10.2. The topological polar surface area (TPSA) is 44.5 Å². The summed E-state index contributed by atoms with van der Waals surface area (Å²) in [6, 6.07) is 10.0. The number of hydrogen-bond acceptors (Lipinski definition) is 3. The van der Waals surface area contributed by atoms with Gasteiger partial charge in [-0.15, -0.1) is 0 Å². The molecule has 0 aliphatic rings. The van der Waals surface area contributed by atoms with E-state index in [1.807, 2.05) is 0 Å². The predicted molar refractivity (Wildman–Crippen MR) is 73.2 cm³/mol. The van der Waals surface area contributed by atoms with E-state index in [0.29, 0.717) is 17.0 Å². The van der Waals surface area contributed by atoms with Crippen LogP contribution in [0.2, 0.25) is 0 Å². The molecular weight excluding hydrogens is 283 g/mol. The lowest BCUT2D eigenvalue weighted by Gasteiger charge is -2.14. The minimum absolute atomic E-state index is 0.0102. The Balaban J connectivity index is 2.17. The summed E-state index contributed by atoms with van der Waals surface area (Å²) in [6.45, 7) is -0.0102. The number of benzene rings is 2. The van der Waals surface area contributed by atoms with E-state index in [1.165, 1.54) is 25.3 Å². The number of rotatable bonds is 4. The Hall–Kier alpha value is -2.37. The van der Waals surface area contributed by atoms with Gasteiger partial charge in [-0.3, -0.25) is 0 Å². The third kappa shape index (κ3) is 3.59. The highest BCUT2D eigenvalue weighted by molar-refractivity contribution is 5.53. The number of nitrogen functional groups attached to an aromatic ring is 1. The molecule has 0 saturated carbocycles. The van der Waals surface area contributed by atoms with E-state index >= 15 is 0 Å². The fourth-order valence-electron chi connectivity index (χ4n) is 1.83. The molecule has 0 fully saturated rings. The second-order valence-corrected chi connectivity index (χ2v) is 4.36. The standard InChI is InChI=1S/C15H14F3NO2/c1-20-14-8-10(6-7-12(14)19)9-21-13-5-3-2-4-11(13)15(16,17)18/h2-8H,9,19H2,1H3. The predicted octanol–water partition coefficient (Wildman–Crippen LogP) is 3.88. The van der Waals surface area contributed by atoms with Crippen LogP contribution in [0.3, 0.4) is 0 Å². The molecule has 0 atom stereocenters. The van der Waals surface area contributed by atoms with E-state index in [9.17, 15) is 13.2 Å². The number of nitrogens with two attached hydrogens (primary N) is 1. The maximum atomic E-state index is 12.8. The monoisotopic (exact) mass is 297 g/mol. The van der Waals surface area contributed by atoms with Gasteiger partial charge in [-0.2, -0.15) is 13.2 Å². The molecule has 0 heterocycles. The van der Waals surface area contributed by atoms with Gasteiger partial charge in [-0.25, -0.2) is 0 Å². The Bertz CT molecular complexity index is 627. The average molecular weight is 297 g/mol. The molecule has 0 aromatic heterocycles. The van der Waals surface area contributed by atoms with E-state index in [0.717, 1.165) is 6.07 Å². The van der Waals surface area contributed by atoms with Gasteiger partial charge in [-0.05, 0) is 29.8 Å². The van der Waals surface area contributed by atoms with Crippen molar-refractivity contribution < 1.29 is 22.6 Å². The van der Waals surface area contributed by atoms with Gasteiger partial charge >= 0.3 is 6.18 Å². The molecule has 2 N–H and O–H groups in total. The average Bonchev–Trinajstić information content (AvgIpc) is 2.45.